The van der Waals surface area contributed by atoms with Gasteiger partial charge in [-0.25, -0.2) is 4.79 Å². The van der Waals surface area contributed by atoms with E-state index in [1.807, 2.05) is 0 Å². The van der Waals surface area contributed by atoms with E-state index < -0.39 is 36.5 Å². The number of methoxy groups -OCH3 is 1. The van der Waals surface area contributed by atoms with E-state index in [-0.39, 0.29) is 11.6 Å². The number of hydrogen-bond acceptors (Lipinski definition) is 6. The van der Waals surface area contributed by atoms with Gasteiger partial charge >= 0.3 is 12.0 Å². The van der Waals surface area contributed by atoms with E-state index >= 15 is 0 Å². The lowest BCUT2D eigenvalue weighted by molar-refractivity contribution is -0.153. The van der Waals surface area contributed by atoms with Crippen molar-refractivity contribution < 1.29 is 28.7 Å². The quantitative estimate of drug-likeness (QED) is 0.608. The summed E-state index contributed by atoms with van der Waals surface area (Å²) in [5.74, 6) is -1.75. The fourth-order valence-corrected chi connectivity index (χ4v) is 1.88. The number of ether oxygens (including phenoxy) is 2. The lowest BCUT2D eigenvalue weighted by atomic mass is 10.2. The molecular weight excluding hydrogens is 342 g/mol. The number of carbonyl (C=O) groups is 4. The van der Waals surface area contributed by atoms with Crippen molar-refractivity contribution in [2.45, 2.75) is 32.9 Å². The van der Waals surface area contributed by atoms with Gasteiger partial charge in [-0.3, -0.25) is 19.7 Å². The molecule has 1 aromatic rings. The molecule has 0 saturated heterocycles. The van der Waals surface area contributed by atoms with Gasteiger partial charge in [0, 0.05) is 6.04 Å². The zero-order valence-corrected chi connectivity index (χ0v) is 15.1. The van der Waals surface area contributed by atoms with Crippen LogP contribution in [-0.2, 0) is 14.3 Å². The van der Waals surface area contributed by atoms with Crippen LogP contribution in [0.2, 0.25) is 0 Å². The molecule has 0 aliphatic heterocycles. The van der Waals surface area contributed by atoms with Crippen molar-refractivity contribution in [2.24, 2.45) is 0 Å². The Kier molecular flexibility index (Phi) is 8.07. The molecular formula is C17H23N3O6. The predicted octanol–water partition coefficient (Wildman–Crippen LogP) is 0.591. The summed E-state index contributed by atoms with van der Waals surface area (Å²) in [5, 5.41) is 6.90. The molecule has 26 heavy (non-hydrogen) atoms. The number of carbonyl (C=O) groups excluding carboxylic acids is 4. The van der Waals surface area contributed by atoms with E-state index in [9.17, 15) is 19.2 Å². The first-order valence-electron chi connectivity index (χ1n) is 7.96. The van der Waals surface area contributed by atoms with E-state index in [1.54, 1.807) is 38.1 Å². The first-order chi connectivity index (χ1) is 12.2. The monoisotopic (exact) mass is 365 g/mol. The highest BCUT2D eigenvalue weighted by atomic mass is 16.5. The minimum Gasteiger partial charge on any atom is -0.496 e. The molecule has 0 unspecified atom stereocenters. The van der Waals surface area contributed by atoms with Crippen LogP contribution in [0.25, 0.3) is 0 Å². The topological polar surface area (TPSA) is 123 Å². The average molecular weight is 365 g/mol. The zero-order chi connectivity index (χ0) is 19.7. The van der Waals surface area contributed by atoms with Crippen LogP contribution in [0.3, 0.4) is 0 Å². The smallest absolute Gasteiger partial charge is 0.326 e. The Bertz CT molecular complexity index is 674. The summed E-state index contributed by atoms with van der Waals surface area (Å²) in [5.41, 5.74) is 0.263. The van der Waals surface area contributed by atoms with E-state index in [0.29, 0.717) is 5.75 Å². The van der Waals surface area contributed by atoms with Crippen molar-refractivity contribution in [1.29, 1.82) is 0 Å². The van der Waals surface area contributed by atoms with Crippen molar-refractivity contribution >= 4 is 23.8 Å². The molecule has 0 fully saturated rings. The van der Waals surface area contributed by atoms with Gasteiger partial charge in [-0.05, 0) is 32.9 Å². The van der Waals surface area contributed by atoms with Gasteiger partial charge in [0.1, 0.15) is 12.3 Å². The summed E-state index contributed by atoms with van der Waals surface area (Å²) in [6, 6.07) is 5.69. The third-order valence-electron chi connectivity index (χ3n) is 3.08. The summed E-state index contributed by atoms with van der Waals surface area (Å²) >= 11 is 0. The Balaban J connectivity index is 2.47. The molecule has 4 amide bonds. The first-order valence-corrected chi connectivity index (χ1v) is 7.96. The van der Waals surface area contributed by atoms with Gasteiger partial charge in [-0.1, -0.05) is 12.1 Å². The van der Waals surface area contributed by atoms with E-state index in [2.05, 4.69) is 16.0 Å². The van der Waals surface area contributed by atoms with Crippen LogP contribution in [0.1, 0.15) is 31.1 Å². The third kappa shape index (κ3) is 6.80. The lowest BCUT2D eigenvalue weighted by Gasteiger charge is -2.14. The average Bonchev–Trinajstić information content (AvgIpc) is 2.58. The van der Waals surface area contributed by atoms with Gasteiger partial charge in [0.25, 0.3) is 11.8 Å². The summed E-state index contributed by atoms with van der Waals surface area (Å²) in [6.07, 6.45) is -1.19. The first kappa shape index (κ1) is 20.9. The third-order valence-corrected chi connectivity index (χ3v) is 3.08. The molecule has 0 aromatic heterocycles. The van der Waals surface area contributed by atoms with Crippen LogP contribution < -0.4 is 20.7 Å². The van der Waals surface area contributed by atoms with Crippen molar-refractivity contribution in [3.8, 4) is 5.75 Å². The Morgan fingerprint density at radius 2 is 1.73 bits per heavy atom. The summed E-state index contributed by atoms with van der Waals surface area (Å²) in [6.45, 7) is 4.35. The number of esters is 1. The number of rotatable bonds is 7. The summed E-state index contributed by atoms with van der Waals surface area (Å²) in [4.78, 5) is 47.0. The van der Waals surface area contributed by atoms with Gasteiger partial charge in [0.15, 0.2) is 6.10 Å². The normalized spacial score (nSPS) is 11.3. The van der Waals surface area contributed by atoms with E-state index in [0.717, 1.165) is 0 Å². The van der Waals surface area contributed by atoms with Gasteiger partial charge in [-0.15, -0.1) is 0 Å². The van der Waals surface area contributed by atoms with Crippen molar-refractivity contribution in [1.82, 2.24) is 16.0 Å². The summed E-state index contributed by atoms with van der Waals surface area (Å²) < 4.78 is 9.95. The highest BCUT2D eigenvalue weighted by Gasteiger charge is 2.21. The molecule has 0 aliphatic carbocycles. The molecule has 3 N–H and O–H groups in total. The number of benzene rings is 1. The zero-order valence-electron chi connectivity index (χ0n) is 15.1. The molecule has 0 spiro atoms. The number of nitrogens with one attached hydrogen (secondary N) is 3. The number of amides is 4. The molecule has 0 saturated carbocycles. The highest BCUT2D eigenvalue weighted by Crippen LogP contribution is 2.16. The van der Waals surface area contributed by atoms with Gasteiger partial charge in [0.2, 0.25) is 0 Å². The minimum atomic E-state index is -1.19. The number of urea groups is 1. The Hall–Kier alpha value is -3.10. The number of para-hydroxylation sites is 1. The second-order valence-electron chi connectivity index (χ2n) is 5.63. The van der Waals surface area contributed by atoms with Crippen molar-refractivity contribution in [2.75, 3.05) is 13.7 Å². The molecule has 0 aliphatic rings. The SMILES string of the molecule is COc1ccccc1C(=O)NCC(=O)O[C@H](C)C(=O)NC(=O)NC(C)C. The maximum Gasteiger partial charge on any atom is 0.326 e. The van der Waals surface area contributed by atoms with Crippen LogP contribution in [-0.4, -0.2) is 49.6 Å². The molecule has 0 radical (unpaired) electrons. The minimum absolute atomic E-state index is 0.147. The van der Waals surface area contributed by atoms with E-state index in [4.69, 9.17) is 9.47 Å². The molecule has 1 atom stereocenters. The second kappa shape index (κ2) is 10.0. The van der Waals surface area contributed by atoms with Crippen LogP contribution in [0.4, 0.5) is 4.79 Å². The fraction of sp³-hybridized carbons (Fsp3) is 0.412. The van der Waals surface area contributed by atoms with Crippen LogP contribution >= 0.6 is 0 Å². The predicted molar refractivity (Wildman–Crippen MR) is 92.7 cm³/mol. The molecule has 1 aromatic carbocycles. The van der Waals surface area contributed by atoms with Crippen LogP contribution in [0, 0.1) is 0 Å². The molecule has 0 bridgehead atoms. The molecule has 1 rings (SSSR count). The summed E-state index contributed by atoms with van der Waals surface area (Å²) in [7, 11) is 1.43. The molecule has 9 nitrogen and oxygen atoms in total. The van der Waals surface area contributed by atoms with Crippen LogP contribution in [0.15, 0.2) is 24.3 Å². The fourth-order valence-electron chi connectivity index (χ4n) is 1.88. The largest absolute Gasteiger partial charge is 0.496 e. The molecule has 0 heterocycles. The second-order valence-corrected chi connectivity index (χ2v) is 5.63. The molecule has 9 heteroatoms. The lowest BCUT2D eigenvalue weighted by Crippen LogP contribution is -2.47. The van der Waals surface area contributed by atoms with Crippen molar-refractivity contribution in [3.05, 3.63) is 29.8 Å². The van der Waals surface area contributed by atoms with Gasteiger partial charge < -0.3 is 20.1 Å². The maximum absolute atomic E-state index is 12.1. The number of imide groups is 1. The Morgan fingerprint density at radius 3 is 2.35 bits per heavy atom. The number of hydrogen-bond donors (Lipinski definition) is 3. The highest BCUT2D eigenvalue weighted by molar-refractivity contribution is 5.99. The van der Waals surface area contributed by atoms with Gasteiger partial charge in [0.05, 0.1) is 12.7 Å². The Labute approximate surface area is 151 Å². The maximum atomic E-state index is 12.1. The Morgan fingerprint density at radius 1 is 1.08 bits per heavy atom. The standard InChI is InChI=1S/C17H23N3O6/c1-10(2)19-17(24)20-15(22)11(3)26-14(21)9-18-16(23)12-7-5-6-8-13(12)25-4/h5-8,10-11H,9H2,1-4H3,(H,18,23)(H2,19,20,22,24)/t11-/m1/s1. The van der Waals surface area contributed by atoms with Gasteiger partial charge in [-0.2, -0.15) is 0 Å². The van der Waals surface area contributed by atoms with Crippen molar-refractivity contribution in [3.63, 3.8) is 0 Å². The molecule has 142 valence electrons. The van der Waals surface area contributed by atoms with Crippen LogP contribution in [0.5, 0.6) is 5.75 Å². The van der Waals surface area contributed by atoms with E-state index in [1.165, 1.54) is 14.0 Å².